The lowest BCUT2D eigenvalue weighted by molar-refractivity contribution is -0.122. The van der Waals surface area contributed by atoms with Gasteiger partial charge in [-0.2, -0.15) is 0 Å². The highest BCUT2D eigenvalue weighted by Gasteiger charge is 2.23. The van der Waals surface area contributed by atoms with Crippen molar-refractivity contribution in [3.05, 3.63) is 42.2 Å². The third-order valence-corrected chi connectivity index (χ3v) is 4.60. The Kier molecular flexibility index (Phi) is 7.35. The number of methoxy groups -OCH3 is 2. The summed E-state index contributed by atoms with van der Waals surface area (Å²) in [4.78, 5) is 24.4. The Balaban J connectivity index is 0.000000758. The predicted molar refractivity (Wildman–Crippen MR) is 96.0 cm³/mol. The van der Waals surface area contributed by atoms with Crippen LogP contribution in [0.15, 0.2) is 36.7 Å². The van der Waals surface area contributed by atoms with Crippen LogP contribution in [0.1, 0.15) is 42.1 Å². The van der Waals surface area contributed by atoms with Crippen molar-refractivity contribution in [3.63, 3.8) is 0 Å². The second-order valence-electron chi connectivity index (χ2n) is 6.00. The third kappa shape index (κ3) is 4.70. The van der Waals surface area contributed by atoms with E-state index < -0.39 is 0 Å². The molecule has 0 spiro atoms. The number of hydrogen-bond donors (Lipinski definition) is 1. The molecule has 1 heterocycles. The predicted octanol–water partition coefficient (Wildman–Crippen LogP) is 3.17. The van der Waals surface area contributed by atoms with Crippen LogP contribution in [0.3, 0.4) is 0 Å². The largest absolute Gasteiger partial charge is 0.483 e. The zero-order valence-electron chi connectivity index (χ0n) is 15.0. The number of aromatic nitrogens is 2. The Hall–Kier alpha value is -2.67. The van der Waals surface area contributed by atoms with E-state index in [1.807, 2.05) is 24.5 Å². The van der Waals surface area contributed by atoms with Gasteiger partial charge in [0, 0.05) is 31.1 Å². The van der Waals surface area contributed by atoms with Crippen molar-refractivity contribution in [3.8, 4) is 11.4 Å². The SMILES string of the molecule is COC(=O)c1ccc(-c2nccn2C2CCC(OC)CC2)cc1.O=CO. The van der Waals surface area contributed by atoms with Crippen LogP contribution >= 0.6 is 0 Å². The van der Waals surface area contributed by atoms with Gasteiger partial charge in [-0.3, -0.25) is 4.79 Å². The molecule has 7 nitrogen and oxygen atoms in total. The summed E-state index contributed by atoms with van der Waals surface area (Å²) < 4.78 is 12.4. The van der Waals surface area contributed by atoms with E-state index in [4.69, 9.17) is 19.4 Å². The minimum Gasteiger partial charge on any atom is -0.483 e. The first-order valence-corrected chi connectivity index (χ1v) is 8.46. The van der Waals surface area contributed by atoms with Gasteiger partial charge in [-0.1, -0.05) is 12.1 Å². The molecule has 26 heavy (non-hydrogen) atoms. The molecule has 0 saturated heterocycles. The zero-order valence-corrected chi connectivity index (χ0v) is 15.0. The van der Waals surface area contributed by atoms with Gasteiger partial charge in [-0.15, -0.1) is 0 Å². The fourth-order valence-electron chi connectivity index (χ4n) is 3.26. The van der Waals surface area contributed by atoms with Crippen LogP contribution in [-0.2, 0) is 14.3 Å². The molecule has 1 aromatic carbocycles. The highest BCUT2D eigenvalue weighted by molar-refractivity contribution is 5.89. The average Bonchev–Trinajstić information content (AvgIpc) is 3.18. The molecule has 7 heteroatoms. The van der Waals surface area contributed by atoms with E-state index in [9.17, 15) is 4.79 Å². The molecule has 0 amide bonds. The van der Waals surface area contributed by atoms with Crippen molar-refractivity contribution in [2.75, 3.05) is 14.2 Å². The topological polar surface area (TPSA) is 90.6 Å². The number of nitrogens with zero attached hydrogens (tertiary/aromatic N) is 2. The number of benzene rings is 1. The monoisotopic (exact) mass is 360 g/mol. The molecule has 0 aliphatic heterocycles. The molecule has 0 bridgehead atoms. The number of rotatable bonds is 4. The van der Waals surface area contributed by atoms with Crippen LogP contribution in [0.2, 0.25) is 0 Å². The molecule has 1 saturated carbocycles. The highest BCUT2D eigenvalue weighted by atomic mass is 16.5. The van der Waals surface area contributed by atoms with Gasteiger partial charge < -0.3 is 19.1 Å². The maximum Gasteiger partial charge on any atom is 0.337 e. The van der Waals surface area contributed by atoms with E-state index in [-0.39, 0.29) is 12.4 Å². The van der Waals surface area contributed by atoms with Gasteiger partial charge in [-0.25, -0.2) is 9.78 Å². The first kappa shape index (κ1) is 19.7. The Bertz CT molecular complexity index is 703. The van der Waals surface area contributed by atoms with Crippen molar-refractivity contribution in [1.82, 2.24) is 9.55 Å². The van der Waals surface area contributed by atoms with Gasteiger partial charge in [-0.05, 0) is 37.8 Å². The van der Waals surface area contributed by atoms with E-state index in [1.165, 1.54) is 7.11 Å². The van der Waals surface area contributed by atoms with Crippen molar-refractivity contribution >= 4 is 12.4 Å². The van der Waals surface area contributed by atoms with Crippen LogP contribution in [-0.4, -0.2) is 47.4 Å². The van der Waals surface area contributed by atoms with Gasteiger partial charge in [0.25, 0.3) is 6.47 Å². The lowest BCUT2D eigenvalue weighted by atomic mass is 9.92. The number of esters is 1. The molecule has 0 atom stereocenters. The van der Waals surface area contributed by atoms with Crippen molar-refractivity contribution < 1.29 is 24.2 Å². The molecule has 140 valence electrons. The number of carboxylic acid groups (broad SMARTS) is 1. The maximum absolute atomic E-state index is 11.5. The Morgan fingerprint density at radius 1 is 1.19 bits per heavy atom. The van der Waals surface area contributed by atoms with Crippen molar-refractivity contribution in [2.24, 2.45) is 0 Å². The summed E-state index contributed by atoms with van der Waals surface area (Å²) in [5.74, 6) is 0.625. The molecule has 1 aliphatic rings. The smallest absolute Gasteiger partial charge is 0.337 e. The number of ether oxygens (including phenoxy) is 2. The average molecular weight is 360 g/mol. The van der Waals surface area contributed by atoms with Crippen LogP contribution in [0.5, 0.6) is 0 Å². The molecular formula is C19H24N2O5. The summed E-state index contributed by atoms with van der Waals surface area (Å²) in [7, 11) is 3.18. The van der Waals surface area contributed by atoms with Gasteiger partial charge in [0.2, 0.25) is 0 Å². The second-order valence-corrected chi connectivity index (χ2v) is 6.00. The lowest BCUT2D eigenvalue weighted by Gasteiger charge is -2.29. The van der Waals surface area contributed by atoms with Crippen molar-refractivity contribution in [2.45, 2.75) is 37.8 Å². The van der Waals surface area contributed by atoms with Crippen LogP contribution in [0.25, 0.3) is 11.4 Å². The molecule has 0 radical (unpaired) electrons. The van der Waals surface area contributed by atoms with Gasteiger partial charge >= 0.3 is 5.97 Å². The van der Waals surface area contributed by atoms with Gasteiger partial charge in [0.15, 0.2) is 0 Å². The molecule has 1 aromatic heterocycles. The summed E-state index contributed by atoms with van der Waals surface area (Å²) in [5, 5.41) is 6.89. The molecule has 1 N–H and O–H groups in total. The molecule has 0 unspecified atom stereocenters. The fraction of sp³-hybridized carbons (Fsp3) is 0.421. The molecule has 2 aromatic rings. The minimum absolute atomic E-state index is 0.250. The zero-order chi connectivity index (χ0) is 18.9. The Morgan fingerprint density at radius 2 is 1.81 bits per heavy atom. The van der Waals surface area contributed by atoms with E-state index in [0.29, 0.717) is 17.7 Å². The number of carbonyl (C=O) groups is 2. The molecule has 3 rings (SSSR count). The minimum atomic E-state index is -0.322. The standard InChI is InChI=1S/C18H22N2O3.CH2O2/c1-22-16-9-7-15(8-10-16)20-12-11-19-17(20)13-3-5-14(6-4-13)18(21)23-2;2-1-3/h3-6,11-12,15-16H,7-10H2,1-2H3;1H,(H,2,3). The van der Waals surface area contributed by atoms with Gasteiger partial charge in [0.1, 0.15) is 5.82 Å². The molecular weight excluding hydrogens is 336 g/mol. The summed E-state index contributed by atoms with van der Waals surface area (Å²) in [6.45, 7) is -0.250. The highest BCUT2D eigenvalue weighted by Crippen LogP contribution is 2.33. The first-order chi connectivity index (χ1) is 12.6. The van der Waals surface area contributed by atoms with E-state index >= 15 is 0 Å². The summed E-state index contributed by atoms with van der Waals surface area (Å²) in [5.41, 5.74) is 1.56. The van der Waals surface area contributed by atoms with Crippen LogP contribution in [0.4, 0.5) is 0 Å². The number of hydrogen-bond acceptors (Lipinski definition) is 5. The Labute approximate surface area is 152 Å². The molecule has 1 fully saturated rings. The summed E-state index contributed by atoms with van der Waals surface area (Å²) >= 11 is 0. The maximum atomic E-state index is 11.5. The van der Waals surface area contributed by atoms with Crippen LogP contribution < -0.4 is 0 Å². The Morgan fingerprint density at radius 3 is 2.35 bits per heavy atom. The number of imidazole rings is 1. The molecule has 1 aliphatic carbocycles. The van der Waals surface area contributed by atoms with Crippen LogP contribution in [0, 0.1) is 0 Å². The fourth-order valence-corrected chi connectivity index (χ4v) is 3.26. The van der Waals surface area contributed by atoms with E-state index in [2.05, 4.69) is 9.55 Å². The van der Waals surface area contributed by atoms with E-state index in [0.717, 1.165) is 37.1 Å². The normalized spacial score (nSPS) is 19.2. The lowest BCUT2D eigenvalue weighted by Crippen LogP contribution is -2.22. The van der Waals surface area contributed by atoms with Crippen molar-refractivity contribution in [1.29, 1.82) is 0 Å². The summed E-state index contributed by atoms with van der Waals surface area (Å²) in [6.07, 6.45) is 8.63. The number of carbonyl (C=O) groups excluding carboxylic acids is 1. The third-order valence-electron chi connectivity index (χ3n) is 4.60. The summed E-state index contributed by atoms with van der Waals surface area (Å²) in [6, 6.07) is 7.86. The quantitative estimate of drug-likeness (QED) is 0.665. The second kappa shape index (κ2) is 9.72. The first-order valence-electron chi connectivity index (χ1n) is 8.46. The van der Waals surface area contributed by atoms with E-state index in [1.54, 1.807) is 19.2 Å². The van der Waals surface area contributed by atoms with Gasteiger partial charge in [0.05, 0.1) is 18.8 Å².